The Hall–Kier alpha value is -4.20. The third kappa shape index (κ3) is 5.01. The number of hydrogen-bond acceptors (Lipinski definition) is 7. The molecule has 5 rings (SSSR count). The van der Waals surface area contributed by atoms with E-state index in [1.807, 2.05) is 30.3 Å². The fourth-order valence-corrected chi connectivity index (χ4v) is 4.46. The highest BCUT2D eigenvalue weighted by Gasteiger charge is 2.16. The molecule has 35 heavy (non-hydrogen) atoms. The van der Waals surface area contributed by atoms with E-state index in [1.165, 1.54) is 31.0 Å². The van der Waals surface area contributed by atoms with Gasteiger partial charge in [-0.25, -0.2) is 4.98 Å². The normalized spacial score (nSPS) is 13.6. The molecule has 178 valence electrons. The van der Waals surface area contributed by atoms with Crippen LogP contribution >= 0.6 is 0 Å². The molecule has 0 unspecified atom stereocenters. The number of allylic oxidation sites excluding steroid dienone is 1. The number of ketones is 1. The molecule has 1 fully saturated rings. The van der Waals surface area contributed by atoms with Crippen LogP contribution in [0.4, 0.5) is 17.3 Å². The van der Waals surface area contributed by atoms with Gasteiger partial charge in [0.2, 0.25) is 5.95 Å². The maximum atomic E-state index is 12.0. The van der Waals surface area contributed by atoms with E-state index in [1.54, 1.807) is 13.3 Å². The molecular weight excluding hydrogens is 440 g/mol. The van der Waals surface area contributed by atoms with E-state index in [9.17, 15) is 4.79 Å². The first-order valence-electron chi connectivity index (χ1n) is 11.8. The second kappa shape index (κ2) is 9.97. The summed E-state index contributed by atoms with van der Waals surface area (Å²) >= 11 is 0. The smallest absolute Gasteiger partial charge is 0.229 e. The summed E-state index contributed by atoms with van der Waals surface area (Å²) in [6, 6.07) is 14.0. The molecule has 1 saturated heterocycles. The molecule has 0 bridgehead atoms. The number of aromatic nitrogens is 4. The number of carbonyl (C=O) groups is 1. The summed E-state index contributed by atoms with van der Waals surface area (Å²) in [6.07, 6.45) is 7.02. The van der Waals surface area contributed by atoms with Crippen LogP contribution in [0.2, 0.25) is 0 Å². The molecule has 3 heterocycles. The van der Waals surface area contributed by atoms with Crippen LogP contribution in [0.3, 0.4) is 0 Å². The Morgan fingerprint density at radius 3 is 2.83 bits per heavy atom. The van der Waals surface area contributed by atoms with E-state index < -0.39 is 0 Å². The second-order valence-corrected chi connectivity index (χ2v) is 8.67. The zero-order chi connectivity index (χ0) is 24.2. The van der Waals surface area contributed by atoms with Crippen molar-refractivity contribution in [2.75, 3.05) is 30.4 Å². The zero-order valence-electron chi connectivity index (χ0n) is 19.8. The Morgan fingerprint density at radius 2 is 2.03 bits per heavy atom. The zero-order valence-corrected chi connectivity index (χ0v) is 19.8. The molecule has 0 saturated carbocycles. The van der Waals surface area contributed by atoms with Gasteiger partial charge >= 0.3 is 0 Å². The number of methoxy groups -OCH3 is 1. The number of anilines is 3. The molecular formula is C27H28N6O2. The summed E-state index contributed by atoms with van der Waals surface area (Å²) in [4.78, 5) is 23.9. The van der Waals surface area contributed by atoms with Crippen LogP contribution in [0.1, 0.15) is 24.8 Å². The number of benzene rings is 2. The summed E-state index contributed by atoms with van der Waals surface area (Å²) in [5.74, 6) is 1.05. The molecule has 2 aromatic carbocycles. The number of rotatable bonds is 8. The van der Waals surface area contributed by atoms with Gasteiger partial charge in [0.1, 0.15) is 5.75 Å². The Balaban J connectivity index is 1.51. The molecule has 0 spiro atoms. The van der Waals surface area contributed by atoms with Crippen LogP contribution in [0.15, 0.2) is 61.3 Å². The molecule has 0 amide bonds. The molecule has 1 aliphatic rings. The summed E-state index contributed by atoms with van der Waals surface area (Å²) in [7, 11) is 1.61. The van der Waals surface area contributed by atoms with E-state index in [0.717, 1.165) is 35.3 Å². The van der Waals surface area contributed by atoms with Crippen molar-refractivity contribution < 1.29 is 9.53 Å². The highest BCUT2D eigenvalue weighted by atomic mass is 16.5. The quantitative estimate of drug-likeness (QED) is 0.349. The molecule has 1 aliphatic heterocycles. The van der Waals surface area contributed by atoms with Gasteiger partial charge in [-0.05, 0) is 67.3 Å². The van der Waals surface area contributed by atoms with E-state index >= 15 is 0 Å². The SMILES string of the molecule is C=CC(=O)Cc1cc(OC)cc(-c2nc(Nc3cccc(N4CCCCC4)c3)nc3[nH]ncc23)c1. The number of piperidine rings is 1. The average Bonchev–Trinajstić information content (AvgIpc) is 3.37. The van der Waals surface area contributed by atoms with E-state index in [-0.39, 0.29) is 12.2 Å². The number of ether oxygens (including phenoxy) is 1. The lowest BCUT2D eigenvalue weighted by Gasteiger charge is -2.29. The van der Waals surface area contributed by atoms with Crippen molar-refractivity contribution in [1.82, 2.24) is 20.2 Å². The number of nitrogens with zero attached hydrogens (tertiary/aromatic N) is 4. The maximum absolute atomic E-state index is 12.0. The number of carbonyl (C=O) groups excluding carboxylic acids is 1. The van der Waals surface area contributed by atoms with E-state index in [4.69, 9.17) is 9.72 Å². The van der Waals surface area contributed by atoms with Crippen LogP contribution in [0.25, 0.3) is 22.3 Å². The topological polar surface area (TPSA) is 96.0 Å². The Bertz CT molecular complexity index is 1370. The molecule has 0 radical (unpaired) electrons. The minimum absolute atomic E-state index is 0.0590. The van der Waals surface area contributed by atoms with Crippen molar-refractivity contribution in [2.45, 2.75) is 25.7 Å². The van der Waals surface area contributed by atoms with Crippen molar-refractivity contribution in [2.24, 2.45) is 0 Å². The van der Waals surface area contributed by atoms with Crippen molar-refractivity contribution in [3.63, 3.8) is 0 Å². The lowest BCUT2D eigenvalue weighted by molar-refractivity contribution is -0.114. The first kappa shape index (κ1) is 22.6. The minimum Gasteiger partial charge on any atom is -0.497 e. The third-order valence-corrected chi connectivity index (χ3v) is 6.21. The Kier molecular flexibility index (Phi) is 6.43. The first-order valence-corrected chi connectivity index (χ1v) is 11.8. The molecule has 0 aliphatic carbocycles. The average molecular weight is 469 g/mol. The highest BCUT2D eigenvalue weighted by Crippen LogP contribution is 2.32. The van der Waals surface area contributed by atoms with Crippen LogP contribution in [0.5, 0.6) is 5.75 Å². The van der Waals surface area contributed by atoms with Gasteiger partial charge in [0.15, 0.2) is 11.4 Å². The number of H-pyrrole nitrogens is 1. The number of nitrogens with one attached hydrogen (secondary N) is 2. The van der Waals surface area contributed by atoms with Gasteiger partial charge in [-0.1, -0.05) is 12.6 Å². The highest BCUT2D eigenvalue weighted by molar-refractivity contribution is 5.93. The number of aromatic amines is 1. The lowest BCUT2D eigenvalue weighted by atomic mass is 10.0. The second-order valence-electron chi connectivity index (χ2n) is 8.67. The first-order chi connectivity index (χ1) is 17.1. The van der Waals surface area contributed by atoms with Gasteiger partial charge in [-0.15, -0.1) is 0 Å². The fraction of sp³-hybridized carbons (Fsp3) is 0.259. The van der Waals surface area contributed by atoms with Crippen LogP contribution in [-0.4, -0.2) is 46.1 Å². The monoisotopic (exact) mass is 468 g/mol. The van der Waals surface area contributed by atoms with Crippen LogP contribution in [-0.2, 0) is 11.2 Å². The summed E-state index contributed by atoms with van der Waals surface area (Å²) in [6.45, 7) is 5.74. The predicted molar refractivity (Wildman–Crippen MR) is 138 cm³/mol. The molecule has 8 nitrogen and oxygen atoms in total. The fourth-order valence-electron chi connectivity index (χ4n) is 4.46. The molecule has 2 N–H and O–H groups in total. The van der Waals surface area contributed by atoms with Gasteiger partial charge < -0.3 is 15.0 Å². The van der Waals surface area contributed by atoms with Crippen molar-refractivity contribution in [3.8, 4) is 17.0 Å². The van der Waals surface area contributed by atoms with Crippen LogP contribution in [0, 0.1) is 0 Å². The van der Waals surface area contributed by atoms with Gasteiger partial charge in [-0.3, -0.25) is 9.89 Å². The molecule has 0 atom stereocenters. The largest absolute Gasteiger partial charge is 0.497 e. The lowest BCUT2D eigenvalue weighted by Crippen LogP contribution is -2.29. The third-order valence-electron chi connectivity index (χ3n) is 6.21. The van der Waals surface area contributed by atoms with Crippen molar-refractivity contribution in [1.29, 1.82) is 0 Å². The van der Waals surface area contributed by atoms with Gasteiger partial charge in [0.05, 0.1) is 24.4 Å². The van der Waals surface area contributed by atoms with Crippen molar-refractivity contribution >= 4 is 34.1 Å². The molecule has 4 aromatic rings. The predicted octanol–water partition coefficient (Wildman–Crippen LogP) is 5.06. The number of hydrogen-bond donors (Lipinski definition) is 2. The van der Waals surface area contributed by atoms with Crippen molar-refractivity contribution in [3.05, 3.63) is 66.9 Å². The van der Waals surface area contributed by atoms with Gasteiger partial charge in [0, 0.05) is 36.4 Å². The molecule has 8 heteroatoms. The molecule has 2 aromatic heterocycles. The minimum atomic E-state index is -0.0590. The standard InChI is InChI=1S/C27H28N6O2/c1-3-22(34)13-18-12-19(15-23(14-18)35-2)25-24-17-28-32-26(24)31-27(30-25)29-20-8-7-9-21(16-20)33-10-5-4-6-11-33/h3,7-9,12,14-17H,1,4-6,10-11,13H2,2H3,(H2,28,29,30,31,32). The summed E-state index contributed by atoms with van der Waals surface area (Å²) in [5, 5.41) is 11.3. The van der Waals surface area contributed by atoms with Gasteiger partial charge in [0.25, 0.3) is 0 Å². The maximum Gasteiger partial charge on any atom is 0.229 e. The summed E-state index contributed by atoms with van der Waals surface area (Å²) < 4.78 is 5.50. The Labute approximate surface area is 204 Å². The number of fused-ring (bicyclic) bond motifs is 1. The summed E-state index contributed by atoms with van der Waals surface area (Å²) in [5.41, 5.74) is 5.07. The van der Waals surface area contributed by atoms with Crippen LogP contribution < -0.4 is 15.0 Å². The Morgan fingerprint density at radius 1 is 1.17 bits per heavy atom. The van der Waals surface area contributed by atoms with E-state index in [2.05, 4.69) is 44.1 Å². The van der Waals surface area contributed by atoms with Gasteiger partial charge in [-0.2, -0.15) is 10.1 Å². The van der Waals surface area contributed by atoms with E-state index in [0.29, 0.717) is 23.0 Å².